The molecule has 1 atom stereocenters. The number of amides is 1. The van der Waals surface area contributed by atoms with Crippen LogP contribution in [0.1, 0.15) is 34.5 Å². The van der Waals surface area contributed by atoms with Gasteiger partial charge in [0, 0.05) is 5.56 Å². The summed E-state index contributed by atoms with van der Waals surface area (Å²) in [4.78, 5) is 24.4. The third-order valence-electron chi connectivity index (χ3n) is 3.93. The summed E-state index contributed by atoms with van der Waals surface area (Å²) in [7, 11) is 0. The highest BCUT2D eigenvalue weighted by Gasteiger charge is 2.20. The Labute approximate surface area is 140 Å². The number of Topliss-reactive ketones (excluding diaryl/α,β-unsaturated/α-hetero) is 1. The zero-order valence-electron chi connectivity index (χ0n) is 13.7. The predicted molar refractivity (Wildman–Crippen MR) is 89.5 cm³/mol. The minimum atomic E-state index is -0.624. The van der Waals surface area contributed by atoms with Crippen molar-refractivity contribution in [3.8, 4) is 11.5 Å². The van der Waals surface area contributed by atoms with Crippen molar-refractivity contribution < 1.29 is 19.1 Å². The van der Waals surface area contributed by atoms with Crippen LogP contribution in [0.5, 0.6) is 11.5 Å². The van der Waals surface area contributed by atoms with E-state index in [0.717, 1.165) is 11.1 Å². The van der Waals surface area contributed by atoms with Gasteiger partial charge < -0.3 is 14.8 Å². The van der Waals surface area contributed by atoms with Crippen LogP contribution in [-0.2, 0) is 4.79 Å². The maximum absolute atomic E-state index is 12.2. The van der Waals surface area contributed by atoms with E-state index in [1.807, 2.05) is 44.2 Å². The molecule has 0 saturated carbocycles. The number of nitrogens with one attached hydrogen (secondary N) is 1. The standard InChI is InChI=1S/C19H19NO4/c1-12-3-5-14(6-4-12)18(21)19(22)20-13(2)15-7-8-16-17(11-15)24-10-9-23-16/h3-8,11,13H,9-10H2,1-2H3,(H,20,22). The van der Waals surface area contributed by atoms with Gasteiger partial charge in [0.25, 0.3) is 5.91 Å². The molecule has 0 bridgehead atoms. The van der Waals surface area contributed by atoms with Gasteiger partial charge in [0.15, 0.2) is 11.5 Å². The van der Waals surface area contributed by atoms with E-state index in [-0.39, 0.29) is 6.04 Å². The average molecular weight is 325 g/mol. The molecule has 1 N–H and O–H groups in total. The molecule has 5 heteroatoms. The molecule has 2 aromatic rings. The molecule has 1 aliphatic rings. The Hall–Kier alpha value is -2.82. The fraction of sp³-hybridized carbons (Fsp3) is 0.263. The minimum Gasteiger partial charge on any atom is -0.486 e. The summed E-state index contributed by atoms with van der Waals surface area (Å²) in [6.07, 6.45) is 0. The average Bonchev–Trinajstić information content (AvgIpc) is 2.61. The third kappa shape index (κ3) is 3.40. The maximum Gasteiger partial charge on any atom is 0.292 e. The Morgan fingerprint density at radius 3 is 2.38 bits per heavy atom. The second-order valence-corrected chi connectivity index (χ2v) is 5.79. The summed E-state index contributed by atoms with van der Waals surface area (Å²) >= 11 is 0. The third-order valence-corrected chi connectivity index (χ3v) is 3.93. The SMILES string of the molecule is Cc1ccc(C(=O)C(=O)NC(C)c2ccc3c(c2)OCCO3)cc1. The van der Waals surface area contributed by atoms with Crippen LogP contribution in [0.2, 0.25) is 0 Å². The molecule has 24 heavy (non-hydrogen) atoms. The molecule has 0 spiro atoms. The first-order valence-corrected chi connectivity index (χ1v) is 7.86. The van der Waals surface area contributed by atoms with Crippen molar-refractivity contribution in [1.82, 2.24) is 5.32 Å². The second kappa shape index (κ2) is 6.74. The Bertz CT molecular complexity index is 767. The Morgan fingerprint density at radius 2 is 1.67 bits per heavy atom. The van der Waals surface area contributed by atoms with Gasteiger partial charge in [0.05, 0.1) is 6.04 Å². The van der Waals surface area contributed by atoms with E-state index in [0.29, 0.717) is 30.3 Å². The van der Waals surface area contributed by atoms with E-state index >= 15 is 0 Å². The quantitative estimate of drug-likeness (QED) is 0.693. The number of fused-ring (bicyclic) bond motifs is 1. The van der Waals surface area contributed by atoms with Gasteiger partial charge in [-0.1, -0.05) is 35.9 Å². The largest absolute Gasteiger partial charge is 0.486 e. The van der Waals surface area contributed by atoms with Gasteiger partial charge in [-0.05, 0) is 31.5 Å². The fourth-order valence-corrected chi connectivity index (χ4v) is 2.51. The van der Waals surface area contributed by atoms with Gasteiger partial charge in [0.2, 0.25) is 5.78 Å². The Balaban J connectivity index is 1.69. The lowest BCUT2D eigenvalue weighted by Crippen LogP contribution is -2.33. The van der Waals surface area contributed by atoms with Crippen molar-refractivity contribution in [2.75, 3.05) is 13.2 Å². The zero-order valence-corrected chi connectivity index (χ0v) is 13.7. The second-order valence-electron chi connectivity index (χ2n) is 5.79. The number of rotatable bonds is 4. The van der Waals surface area contributed by atoms with Gasteiger partial charge in [0.1, 0.15) is 13.2 Å². The highest BCUT2D eigenvalue weighted by Crippen LogP contribution is 2.32. The van der Waals surface area contributed by atoms with Crippen LogP contribution in [0.4, 0.5) is 0 Å². The van der Waals surface area contributed by atoms with E-state index in [9.17, 15) is 9.59 Å². The number of hydrogen-bond donors (Lipinski definition) is 1. The van der Waals surface area contributed by atoms with Crippen LogP contribution in [0, 0.1) is 6.92 Å². The molecule has 0 aromatic heterocycles. The molecule has 1 amide bonds. The van der Waals surface area contributed by atoms with Crippen molar-refractivity contribution in [3.63, 3.8) is 0 Å². The molecular formula is C19H19NO4. The molecule has 124 valence electrons. The molecule has 0 aliphatic carbocycles. The lowest BCUT2D eigenvalue weighted by molar-refractivity contribution is -0.117. The molecule has 5 nitrogen and oxygen atoms in total. The Morgan fingerprint density at radius 1 is 1.00 bits per heavy atom. The van der Waals surface area contributed by atoms with Gasteiger partial charge >= 0.3 is 0 Å². The summed E-state index contributed by atoms with van der Waals surface area (Å²) in [5, 5.41) is 2.73. The molecule has 1 unspecified atom stereocenters. The topological polar surface area (TPSA) is 64.6 Å². The number of ether oxygens (including phenoxy) is 2. The van der Waals surface area contributed by atoms with Crippen LogP contribution in [0.3, 0.4) is 0 Å². The molecule has 1 aliphatic heterocycles. The van der Waals surface area contributed by atoms with Gasteiger partial charge in [-0.2, -0.15) is 0 Å². The van der Waals surface area contributed by atoms with Crippen molar-refractivity contribution >= 4 is 11.7 Å². The first-order chi connectivity index (χ1) is 11.5. The summed E-state index contributed by atoms with van der Waals surface area (Å²) in [5.41, 5.74) is 2.27. The predicted octanol–water partition coefficient (Wildman–Crippen LogP) is 2.83. The van der Waals surface area contributed by atoms with Crippen molar-refractivity contribution in [2.45, 2.75) is 19.9 Å². The van der Waals surface area contributed by atoms with Crippen LogP contribution in [0.15, 0.2) is 42.5 Å². The number of benzene rings is 2. The number of carbonyl (C=O) groups excluding carboxylic acids is 2. The van der Waals surface area contributed by atoms with Crippen molar-refractivity contribution in [1.29, 1.82) is 0 Å². The van der Waals surface area contributed by atoms with E-state index in [1.165, 1.54) is 0 Å². The van der Waals surface area contributed by atoms with Gasteiger partial charge in [-0.15, -0.1) is 0 Å². The maximum atomic E-state index is 12.2. The van der Waals surface area contributed by atoms with Crippen molar-refractivity contribution in [3.05, 3.63) is 59.2 Å². The summed E-state index contributed by atoms with van der Waals surface area (Å²) in [6, 6.07) is 12.1. The van der Waals surface area contributed by atoms with Crippen molar-refractivity contribution in [2.24, 2.45) is 0 Å². The van der Waals surface area contributed by atoms with E-state index in [2.05, 4.69) is 5.32 Å². The first kappa shape index (κ1) is 16.1. The summed E-state index contributed by atoms with van der Waals surface area (Å²) in [6.45, 7) is 4.79. The van der Waals surface area contributed by atoms with E-state index < -0.39 is 11.7 Å². The number of carbonyl (C=O) groups is 2. The van der Waals surface area contributed by atoms with E-state index in [1.54, 1.807) is 12.1 Å². The molecule has 1 heterocycles. The molecular weight excluding hydrogens is 306 g/mol. The minimum absolute atomic E-state index is 0.317. The van der Waals surface area contributed by atoms with Gasteiger partial charge in [-0.3, -0.25) is 9.59 Å². The normalized spacial score (nSPS) is 13.9. The molecule has 2 aromatic carbocycles. The number of aryl methyl sites for hydroxylation is 1. The van der Waals surface area contributed by atoms with Gasteiger partial charge in [-0.25, -0.2) is 0 Å². The Kier molecular flexibility index (Phi) is 4.51. The number of hydrogen-bond acceptors (Lipinski definition) is 4. The van der Waals surface area contributed by atoms with Crippen LogP contribution < -0.4 is 14.8 Å². The monoisotopic (exact) mass is 325 g/mol. The van der Waals surface area contributed by atoms with Crippen LogP contribution >= 0.6 is 0 Å². The molecule has 3 rings (SSSR count). The molecule has 0 radical (unpaired) electrons. The molecule has 0 fully saturated rings. The first-order valence-electron chi connectivity index (χ1n) is 7.86. The van der Waals surface area contributed by atoms with Crippen LogP contribution in [-0.4, -0.2) is 24.9 Å². The number of ketones is 1. The smallest absolute Gasteiger partial charge is 0.292 e. The van der Waals surface area contributed by atoms with E-state index in [4.69, 9.17) is 9.47 Å². The lowest BCUT2D eigenvalue weighted by atomic mass is 10.1. The zero-order chi connectivity index (χ0) is 17.1. The summed E-state index contributed by atoms with van der Waals surface area (Å²) < 4.78 is 11.0. The fourth-order valence-electron chi connectivity index (χ4n) is 2.51. The highest BCUT2D eigenvalue weighted by atomic mass is 16.6. The molecule has 0 saturated heterocycles. The lowest BCUT2D eigenvalue weighted by Gasteiger charge is -2.21. The highest BCUT2D eigenvalue weighted by molar-refractivity contribution is 6.42. The van der Waals surface area contributed by atoms with Crippen LogP contribution in [0.25, 0.3) is 0 Å². The summed E-state index contributed by atoms with van der Waals surface area (Å²) in [5.74, 6) is 0.185.